The van der Waals surface area contributed by atoms with Gasteiger partial charge in [0.2, 0.25) is 0 Å². The summed E-state index contributed by atoms with van der Waals surface area (Å²) in [6.45, 7) is 1.95. The summed E-state index contributed by atoms with van der Waals surface area (Å²) in [5.74, 6) is -0.245. The van der Waals surface area contributed by atoms with Gasteiger partial charge in [0.15, 0.2) is 0 Å². The van der Waals surface area contributed by atoms with E-state index in [0.29, 0.717) is 5.69 Å². The zero-order valence-electron chi connectivity index (χ0n) is 10.4. The van der Waals surface area contributed by atoms with Gasteiger partial charge in [0.1, 0.15) is 11.5 Å². The van der Waals surface area contributed by atoms with Crippen molar-refractivity contribution in [1.29, 1.82) is 0 Å². The van der Waals surface area contributed by atoms with Crippen molar-refractivity contribution in [3.8, 4) is 5.69 Å². The minimum Gasteiger partial charge on any atom is -0.324 e. The minimum atomic E-state index is -0.245. The van der Waals surface area contributed by atoms with Crippen LogP contribution in [0.15, 0.2) is 24.4 Å². The summed E-state index contributed by atoms with van der Waals surface area (Å²) < 4.78 is 15.6. The Bertz CT molecular complexity index is 589. The molecule has 2 aromatic rings. The van der Waals surface area contributed by atoms with Crippen LogP contribution in [0.2, 0.25) is 0 Å². The molecule has 2 N–H and O–H groups in total. The van der Waals surface area contributed by atoms with Crippen LogP contribution in [0.3, 0.4) is 0 Å². The molecule has 0 bridgehead atoms. The molecule has 0 spiro atoms. The normalized spacial score (nSPS) is 18.7. The van der Waals surface area contributed by atoms with E-state index in [-0.39, 0.29) is 11.9 Å². The van der Waals surface area contributed by atoms with Gasteiger partial charge in [0.25, 0.3) is 0 Å². The zero-order chi connectivity index (χ0) is 12.7. The number of aromatic nitrogens is 2. The van der Waals surface area contributed by atoms with Crippen molar-refractivity contribution >= 4 is 0 Å². The van der Waals surface area contributed by atoms with Crippen LogP contribution in [0.4, 0.5) is 4.39 Å². The van der Waals surface area contributed by atoms with Gasteiger partial charge in [-0.2, -0.15) is 5.10 Å². The first-order valence-corrected chi connectivity index (χ1v) is 6.25. The second kappa shape index (κ2) is 4.21. The Balaban J connectivity index is 2.15. The molecule has 1 aromatic heterocycles. The van der Waals surface area contributed by atoms with Gasteiger partial charge in [-0.25, -0.2) is 9.07 Å². The number of fused-ring (bicyclic) bond motifs is 1. The molecule has 0 aliphatic heterocycles. The molecule has 1 heterocycles. The maximum atomic E-state index is 13.9. The van der Waals surface area contributed by atoms with Crippen molar-refractivity contribution in [3.63, 3.8) is 0 Å². The second-order valence-electron chi connectivity index (χ2n) is 4.91. The van der Waals surface area contributed by atoms with E-state index in [1.165, 1.54) is 6.07 Å². The van der Waals surface area contributed by atoms with Crippen LogP contribution in [0.25, 0.3) is 5.69 Å². The lowest BCUT2D eigenvalue weighted by Crippen LogP contribution is -2.18. The summed E-state index contributed by atoms with van der Waals surface area (Å²) >= 11 is 0. The molecule has 3 rings (SSSR count). The van der Waals surface area contributed by atoms with E-state index in [9.17, 15) is 4.39 Å². The van der Waals surface area contributed by atoms with Crippen LogP contribution in [-0.4, -0.2) is 9.78 Å². The number of rotatable bonds is 1. The third kappa shape index (κ3) is 1.73. The third-order valence-electron chi connectivity index (χ3n) is 3.56. The molecule has 0 fully saturated rings. The van der Waals surface area contributed by atoms with Crippen molar-refractivity contribution in [1.82, 2.24) is 9.78 Å². The molecule has 0 saturated carbocycles. The van der Waals surface area contributed by atoms with Gasteiger partial charge in [0, 0.05) is 17.3 Å². The summed E-state index contributed by atoms with van der Waals surface area (Å²) in [5, 5.41) is 4.32. The average Bonchev–Trinajstić information content (AvgIpc) is 2.77. The average molecular weight is 245 g/mol. The number of nitrogens with zero attached hydrogens (tertiary/aromatic N) is 2. The Morgan fingerprint density at radius 2 is 2.28 bits per heavy atom. The van der Waals surface area contributed by atoms with Crippen LogP contribution in [-0.2, 0) is 6.42 Å². The number of hydrogen-bond acceptors (Lipinski definition) is 2. The van der Waals surface area contributed by atoms with Crippen LogP contribution in [0, 0.1) is 12.7 Å². The molecular formula is C14H16FN3. The molecule has 1 aliphatic rings. The third-order valence-corrected chi connectivity index (χ3v) is 3.56. The molecule has 1 unspecified atom stereocenters. The van der Waals surface area contributed by atoms with Crippen LogP contribution >= 0.6 is 0 Å². The van der Waals surface area contributed by atoms with Gasteiger partial charge in [-0.3, -0.25) is 0 Å². The standard InChI is InChI=1S/C14H16FN3/c1-9-5-6-11(15)14(7-9)18-13-4-2-3-12(16)10(13)8-17-18/h5-8,12H,2-4,16H2,1H3. The highest BCUT2D eigenvalue weighted by Crippen LogP contribution is 2.30. The van der Waals surface area contributed by atoms with Crippen LogP contribution in [0.5, 0.6) is 0 Å². The molecule has 3 nitrogen and oxygen atoms in total. The maximum absolute atomic E-state index is 13.9. The number of hydrogen-bond donors (Lipinski definition) is 1. The molecule has 94 valence electrons. The molecule has 4 heteroatoms. The van der Waals surface area contributed by atoms with Gasteiger partial charge in [-0.15, -0.1) is 0 Å². The first kappa shape index (κ1) is 11.4. The van der Waals surface area contributed by atoms with E-state index in [1.54, 1.807) is 16.9 Å². The highest BCUT2D eigenvalue weighted by Gasteiger charge is 2.22. The van der Waals surface area contributed by atoms with E-state index in [0.717, 1.165) is 36.1 Å². The van der Waals surface area contributed by atoms with Gasteiger partial charge in [-0.1, -0.05) is 6.07 Å². The topological polar surface area (TPSA) is 43.8 Å². The fourth-order valence-electron chi connectivity index (χ4n) is 2.58. The molecule has 1 aromatic carbocycles. The number of aryl methyl sites for hydroxylation is 1. The largest absolute Gasteiger partial charge is 0.324 e. The maximum Gasteiger partial charge on any atom is 0.148 e. The van der Waals surface area contributed by atoms with E-state index < -0.39 is 0 Å². The van der Waals surface area contributed by atoms with E-state index in [1.807, 2.05) is 13.0 Å². The SMILES string of the molecule is Cc1ccc(F)c(-n2ncc3c2CCCC3N)c1. The number of benzene rings is 1. The predicted molar refractivity (Wildman–Crippen MR) is 68.1 cm³/mol. The highest BCUT2D eigenvalue weighted by molar-refractivity contribution is 5.40. The van der Waals surface area contributed by atoms with Gasteiger partial charge < -0.3 is 5.73 Å². The smallest absolute Gasteiger partial charge is 0.148 e. The quantitative estimate of drug-likeness (QED) is 0.839. The monoisotopic (exact) mass is 245 g/mol. The molecule has 1 atom stereocenters. The van der Waals surface area contributed by atoms with Crippen molar-refractivity contribution in [2.24, 2.45) is 5.73 Å². The van der Waals surface area contributed by atoms with Crippen molar-refractivity contribution in [2.45, 2.75) is 32.2 Å². The van der Waals surface area contributed by atoms with Crippen molar-refractivity contribution < 1.29 is 4.39 Å². The summed E-state index contributed by atoms with van der Waals surface area (Å²) in [6.07, 6.45) is 4.71. The van der Waals surface area contributed by atoms with Gasteiger partial charge in [-0.05, 0) is 43.9 Å². The summed E-state index contributed by atoms with van der Waals surface area (Å²) in [6, 6.07) is 5.11. The summed E-state index contributed by atoms with van der Waals surface area (Å²) in [5.41, 5.74) is 9.71. The summed E-state index contributed by atoms with van der Waals surface area (Å²) in [4.78, 5) is 0. The molecule has 0 radical (unpaired) electrons. The Kier molecular flexibility index (Phi) is 2.67. The van der Waals surface area contributed by atoms with E-state index in [2.05, 4.69) is 5.10 Å². The van der Waals surface area contributed by atoms with Crippen molar-refractivity contribution in [2.75, 3.05) is 0 Å². The number of halogens is 1. The Hall–Kier alpha value is -1.68. The van der Waals surface area contributed by atoms with Crippen LogP contribution in [0.1, 0.15) is 35.7 Å². The first-order chi connectivity index (χ1) is 8.66. The minimum absolute atomic E-state index is 0.0374. The fourth-order valence-corrected chi connectivity index (χ4v) is 2.58. The Morgan fingerprint density at radius 1 is 1.44 bits per heavy atom. The highest BCUT2D eigenvalue weighted by atomic mass is 19.1. The fraction of sp³-hybridized carbons (Fsp3) is 0.357. The summed E-state index contributed by atoms with van der Waals surface area (Å²) in [7, 11) is 0. The lowest BCUT2D eigenvalue weighted by Gasteiger charge is -2.19. The predicted octanol–water partition coefficient (Wildman–Crippen LogP) is 2.66. The van der Waals surface area contributed by atoms with Crippen molar-refractivity contribution in [3.05, 3.63) is 47.0 Å². The van der Waals surface area contributed by atoms with E-state index >= 15 is 0 Å². The van der Waals surface area contributed by atoms with Gasteiger partial charge in [0.05, 0.1) is 6.20 Å². The lowest BCUT2D eigenvalue weighted by atomic mass is 9.94. The van der Waals surface area contributed by atoms with E-state index in [4.69, 9.17) is 5.73 Å². The zero-order valence-corrected chi connectivity index (χ0v) is 10.4. The molecule has 1 aliphatic carbocycles. The second-order valence-corrected chi connectivity index (χ2v) is 4.91. The molecule has 0 amide bonds. The molecule has 0 saturated heterocycles. The lowest BCUT2D eigenvalue weighted by molar-refractivity contribution is 0.551. The number of nitrogens with two attached hydrogens (primary N) is 1. The molecule has 18 heavy (non-hydrogen) atoms. The van der Waals surface area contributed by atoms with Crippen LogP contribution < -0.4 is 5.73 Å². The Labute approximate surface area is 105 Å². The molecular weight excluding hydrogens is 229 g/mol. The Morgan fingerprint density at radius 3 is 3.11 bits per heavy atom. The van der Waals surface area contributed by atoms with Gasteiger partial charge >= 0.3 is 0 Å². The first-order valence-electron chi connectivity index (χ1n) is 6.25.